The first kappa shape index (κ1) is 15.8. The molecule has 1 rings (SSSR count). The number of aliphatic hydroxyl groups excluding tert-OH is 1. The predicted octanol–water partition coefficient (Wildman–Crippen LogP) is 2.88. The van der Waals surface area contributed by atoms with E-state index in [9.17, 15) is 9.90 Å². The van der Waals surface area contributed by atoms with Crippen LogP contribution in [0.3, 0.4) is 0 Å². The summed E-state index contributed by atoms with van der Waals surface area (Å²) in [6.45, 7) is 11.9. The molecule has 1 aliphatic heterocycles. The van der Waals surface area contributed by atoms with Crippen LogP contribution in [0.5, 0.6) is 0 Å². The molecule has 1 saturated heterocycles. The van der Waals surface area contributed by atoms with Crippen LogP contribution in [0.25, 0.3) is 0 Å². The van der Waals surface area contributed by atoms with Crippen LogP contribution >= 0.6 is 0 Å². The van der Waals surface area contributed by atoms with Crippen molar-refractivity contribution >= 4 is 6.09 Å². The average Bonchev–Trinajstić information content (AvgIpc) is 2.74. The van der Waals surface area contributed by atoms with E-state index in [2.05, 4.69) is 6.58 Å². The van der Waals surface area contributed by atoms with Gasteiger partial charge < -0.3 is 14.7 Å². The third-order valence-corrected chi connectivity index (χ3v) is 3.05. The van der Waals surface area contributed by atoms with E-state index in [-0.39, 0.29) is 12.1 Å². The molecule has 2 atom stereocenters. The quantitative estimate of drug-likeness (QED) is 0.800. The minimum absolute atomic E-state index is 0.237. The predicted molar refractivity (Wildman–Crippen MR) is 75.9 cm³/mol. The summed E-state index contributed by atoms with van der Waals surface area (Å²) in [5.74, 6) is 0. The van der Waals surface area contributed by atoms with E-state index in [0.717, 1.165) is 12.8 Å². The van der Waals surface area contributed by atoms with Gasteiger partial charge in [0.15, 0.2) is 0 Å². The number of carbonyl (C=O) groups is 1. The van der Waals surface area contributed by atoms with Crippen LogP contribution in [0.1, 0.15) is 40.5 Å². The Morgan fingerprint density at radius 1 is 1.53 bits per heavy atom. The molecule has 0 aromatic rings. The molecule has 0 aromatic heterocycles. The monoisotopic (exact) mass is 267 g/mol. The lowest BCUT2D eigenvalue weighted by Crippen LogP contribution is -2.45. The van der Waals surface area contributed by atoms with Gasteiger partial charge in [0.1, 0.15) is 5.60 Å². The molecule has 0 unspecified atom stereocenters. The first-order valence-electron chi connectivity index (χ1n) is 6.75. The molecule has 19 heavy (non-hydrogen) atoms. The standard InChI is InChI=1S/C15H25NO3/c1-6-8-11(2)13(17)12-9-7-10-16(12)14(18)19-15(3,4)5/h6,8,12-13,17H,2,7,9-10H2,1,3-5H3/b8-6-/t12-,13-/m0/s1. The molecule has 4 heteroatoms. The fourth-order valence-electron chi connectivity index (χ4n) is 2.23. The second-order valence-corrected chi connectivity index (χ2v) is 5.90. The van der Waals surface area contributed by atoms with E-state index in [1.54, 1.807) is 11.0 Å². The molecule has 1 aliphatic rings. The Bertz CT molecular complexity index is 368. The maximum atomic E-state index is 12.1. The molecule has 1 fully saturated rings. The van der Waals surface area contributed by atoms with Gasteiger partial charge in [0, 0.05) is 6.54 Å². The zero-order valence-corrected chi connectivity index (χ0v) is 12.3. The lowest BCUT2D eigenvalue weighted by atomic mass is 10.0. The van der Waals surface area contributed by atoms with Crippen molar-refractivity contribution in [1.82, 2.24) is 4.90 Å². The van der Waals surface area contributed by atoms with Crippen LogP contribution in [-0.2, 0) is 4.74 Å². The van der Waals surface area contributed by atoms with Gasteiger partial charge in [-0.3, -0.25) is 0 Å². The SMILES string of the molecule is C=C(/C=C\C)[C@H](O)[C@@H]1CCCN1C(=O)OC(C)(C)C. The van der Waals surface area contributed by atoms with Gasteiger partial charge in [0.25, 0.3) is 0 Å². The van der Waals surface area contributed by atoms with Crippen LogP contribution in [0.15, 0.2) is 24.3 Å². The number of aliphatic hydroxyl groups is 1. The smallest absolute Gasteiger partial charge is 0.410 e. The number of carbonyl (C=O) groups excluding carboxylic acids is 1. The Morgan fingerprint density at radius 3 is 2.68 bits per heavy atom. The lowest BCUT2D eigenvalue weighted by Gasteiger charge is -2.31. The summed E-state index contributed by atoms with van der Waals surface area (Å²) in [5, 5.41) is 10.3. The molecule has 0 spiro atoms. The molecule has 108 valence electrons. The average molecular weight is 267 g/mol. The minimum atomic E-state index is -0.730. The largest absolute Gasteiger partial charge is 0.444 e. The van der Waals surface area contributed by atoms with Crippen LogP contribution in [-0.4, -0.2) is 40.4 Å². The van der Waals surface area contributed by atoms with Gasteiger partial charge >= 0.3 is 6.09 Å². The van der Waals surface area contributed by atoms with Gasteiger partial charge in [0.2, 0.25) is 0 Å². The van der Waals surface area contributed by atoms with Crippen molar-refractivity contribution in [2.45, 2.75) is 58.3 Å². The highest BCUT2D eigenvalue weighted by molar-refractivity contribution is 5.69. The third-order valence-electron chi connectivity index (χ3n) is 3.05. The van der Waals surface area contributed by atoms with E-state index in [1.807, 2.05) is 33.8 Å². The summed E-state index contributed by atoms with van der Waals surface area (Å²) < 4.78 is 5.37. The van der Waals surface area contributed by atoms with E-state index >= 15 is 0 Å². The van der Waals surface area contributed by atoms with Gasteiger partial charge in [-0.2, -0.15) is 0 Å². The van der Waals surface area contributed by atoms with Gasteiger partial charge in [-0.05, 0) is 46.1 Å². The normalized spacial score (nSPS) is 21.7. The molecule has 0 aliphatic carbocycles. The summed E-state index contributed by atoms with van der Waals surface area (Å²) in [6.07, 6.45) is 4.17. The Morgan fingerprint density at radius 2 is 2.16 bits per heavy atom. The molecule has 1 amide bonds. The molecular formula is C15H25NO3. The number of amides is 1. The summed E-state index contributed by atoms with van der Waals surface area (Å²) in [4.78, 5) is 13.7. The van der Waals surface area contributed by atoms with Crippen molar-refractivity contribution in [2.75, 3.05) is 6.54 Å². The van der Waals surface area contributed by atoms with E-state index in [1.165, 1.54) is 0 Å². The minimum Gasteiger partial charge on any atom is -0.444 e. The topological polar surface area (TPSA) is 49.8 Å². The van der Waals surface area contributed by atoms with E-state index in [0.29, 0.717) is 12.1 Å². The number of ether oxygens (including phenoxy) is 1. The van der Waals surface area contributed by atoms with Gasteiger partial charge in [-0.25, -0.2) is 4.79 Å². The molecule has 1 heterocycles. The lowest BCUT2D eigenvalue weighted by molar-refractivity contribution is 0.0106. The Balaban J connectivity index is 2.73. The summed E-state index contributed by atoms with van der Waals surface area (Å²) >= 11 is 0. The number of hydrogen-bond acceptors (Lipinski definition) is 3. The first-order valence-corrected chi connectivity index (χ1v) is 6.75. The Labute approximate surface area is 115 Å². The van der Waals surface area contributed by atoms with Crippen LogP contribution in [0, 0.1) is 0 Å². The first-order chi connectivity index (χ1) is 8.76. The highest BCUT2D eigenvalue weighted by atomic mass is 16.6. The van der Waals surface area contributed by atoms with Gasteiger partial charge in [0.05, 0.1) is 12.1 Å². The van der Waals surface area contributed by atoms with Crippen LogP contribution in [0.2, 0.25) is 0 Å². The molecule has 4 nitrogen and oxygen atoms in total. The molecule has 0 bridgehead atoms. The molecule has 1 N–H and O–H groups in total. The zero-order valence-electron chi connectivity index (χ0n) is 12.3. The van der Waals surface area contributed by atoms with Crippen molar-refractivity contribution in [1.29, 1.82) is 0 Å². The van der Waals surface area contributed by atoms with Crippen molar-refractivity contribution in [3.63, 3.8) is 0 Å². The summed E-state index contributed by atoms with van der Waals surface area (Å²) in [6, 6.07) is -0.237. The van der Waals surface area contributed by atoms with Gasteiger partial charge in [-0.1, -0.05) is 18.7 Å². The highest BCUT2D eigenvalue weighted by Crippen LogP contribution is 2.25. The Hall–Kier alpha value is -1.29. The Kier molecular flexibility index (Phi) is 5.18. The maximum Gasteiger partial charge on any atom is 0.410 e. The molecule has 0 aromatic carbocycles. The van der Waals surface area contributed by atoms with Gasteiger partial charge in [-0.15, -0.1) is 0 Å². The van der Waals surface area contributed by atoms with Crippen molar-refractivity contribution in [3.8, 4) is 0 Å². The third kappa shape index (κ3) is 4.39. The van der Waals surface area contributed by atoms with E-state index in [4.69, 9.17) is 4.74 Å². The summed E-state index contributed by atoms with van der Waals surface area (Å²) in [7, 11) is 0. The second-order valence-electron chi connectivity index (χ2n) is 5.90. The van der Waals surface area contributed by atoms with Crippen molar-refractivity contribution in [3.05, 3.63) is 24.3 Å². The van der Waals surface area contributed by atoms with Crippen molar-refractivity contribution in [2.24, 2.45) is 0 Å². The zero-order chi connectivity index (χ0) is 14.6. The second kappa shape index (κ2) is 6.24. The van der Waals surface area contributed by atoms with Crippen LogP contribution < -0.4 is 0 Å². The fourth-order valence-corrected chi connectivity index (χ4v) is 2.23. The molecule has 0 radical (unpaired) electrons. The highest BCUT2D eigenvalue weighted by Gasteiger charge is 2.36. The number of nitrogens with zero attached hydrogens (tertiary/aromatic N) is 1. The van der Waals surface area contributed by atoms with E-state index < -0.39 is 11.7 Å². The molecular weight excluding hydrogens is 242 g/mol. The van der Waals surface area contributed by atoms with Crippen LogP contribution in [0.4, 0.5) is 4.79 Å². The maximum absolute atomic E-state index is 12.1. The number of rotatable bonds is 3. The fraction of sp³-hybridized carbons (Fsp3) is 0.667. The number of hydrogen-bond donors (Lipinski definition) is 1. The number of allylic oxidation sites excluding steroid dienone is 1. The number of likely N-dealkylation sites (tertiary alicyclic amines) is 1. The van der Waals surface area contributed by atoms with Crippen molar-refractivity contribution < 1.29 is 14.6 Å². The summed E-state index contributed by atoms with van der Waals surface area (Å²) in [5.41, 5.74) is 0.109. The molecule has 0 saturated carbocycles.